The number of nitrogen functional groups attached to an aromatic ring is 1. The molecule has 1 fully saturated rings. The Morgan fingerprint density at radius 1 is 1.33 bits per heavy atom. The summed E-state index contributed by atoms with van der Waals surface area (Å²) in [6, 6.07) is 4.32. The van der Waals surface area contributed by atoms with Gasteiger partial charge in [0.15, 0.2) is 11.0 Å². The van der Waals surface area contributed by atoms with E-state index in [4.69, 9.17) is 14.7 Å². The van der Waals surface area contributed by atoms with E-state index < -0.39 is 10.3 Å². The summed E-state index contributed by atoms with van der Waals surface area (Å²) in [4.78, 5) is 14.6. The number of nitrogens with one attached hydrogen (secondary N) is 1. The molecule has 24 heavy (non-hydrogen) atoms. The third kappa shape index (κ3) is 3.37. The van der Waals surface area contributed by atoms with Crippen LogP contribution in [-0.2, 0) is 10.3 Å². The van der Waals surface area contributed by atoms with Crippen molar-refractivity contribution in [2.45, 2.75) is 18.8 Å². The molecule has 1 aromatic heterocycles. The molecule has 4 N–H and O–H groups in total. The van der Waals surface area contributed by atoms with Gasteiger partial charge in [-0.05, 0) is 45.1 Å². The lowest BCUT2D eigenvalue weighted by Gasteiger charge is -2.28. The van der Waals surface area contributed by atoms with E-state index in [1.54, 1.807) is 0 Å². The van der Waals surface area contributed by atoms with Gasteiger partial charge in [0.2, 0.25) is 0 Å². The number of fused-ring (bicyclic) bond motifs is 1. The molecule has 2 aromatic rings. The predicted molar refractivity (Wildman–Crippen MR) is 91.5 cm³/mol. The molecule has 0 amide bonds. The normalized spacial score (nSPS) is 17.2. The maximum atomic E-state index is 12.4. The van der Waals surface area contributed by atoms with E-state index in [-0.39, 0.29) is 33.7 Å². The zero-order valence-electron chi connectivity index (χ0n) is 13.2. The molecular formula is C15H19N3O5S. The first-order valence-electron chi connectivity index (χ1n) is 7.54. The lowest BCUT2D eigenvalue weighted by Crippen LogP contribution is -2.29. The Labute approximate surface area is 139 Å². The molecule has 1 aliphatic heterocycles. The molecule has 0 unspecified atom stereocenters. The van der Waals surface area contributed by atoms with E-state index in [0.29, 0.717) is 5.76 Å². The third-order valence-electron chi connectivity index (χ3n) is 4.30. The number of nitrogens with zero attached hydrogens (tertiary/aromatic N) is 1. The topological polar surface area (TPSA) is 126 Å². The molecule has 2 heterocycles. The summed E-state index contributed by atoms with van der Waals surface area (Å²) in [5, 5.41) is 0.201. The van der Waals surface area contributed by atoms with Gasteiger partial charge in [-0.15, -0.1) is 0 Å². The molecule has 0 atom stereocenters. The molecule has 0 saturated carbocycles. The van der Waals surface area contributed by atoms with Gasteiger partial charge in [-0.25, -0.2) is 0 Å². The summed E-state index contributed by atoms with van der Waals surface area (Å²) in [5.74, 6) is 0.586. The van der Waals surface area contributed by atoms with E-state index >= 15 is 0 Å². The van der Waals surface area contributed by atoms with Gasteiger partial charge >= 0.3 is 10.3 Å². The Hall–Kier alpha value is -2.10. The summed E-state index contributed by atoms with van der Waals surface area (Å²) in [5.41, 5.74) is 5.48. The fourth-order valence-electron chi connectivity index (χ4n) is 2.98. The standard InChI is InChI=1S/C15H19N3O5S/c1-18-6-4-9(5-7-18)13-8-12(19)10-2-3-11(16)14(15(10)23-13)17-24(20,21)22/h2-3,8-9,17H,4-7,16H2,1H3,(H,20,21,22). The van der Waals surface area contributed by atoms with Gasteiger partial charge in [0, 0.05) is 12.0 Å². The van der Waals surface area contributed by atoms with Crippen LogP contribution in [0.25, 0.3) is 11.0 Å². The largest absolute Gasteiger partial charge is 0.458 e. The monoisotopic (exact) mass is 353 g/mol. The van der Waals surface area contributed by atoms with Crippen LogP contribution in [0.3, 0.4) is 0 Å². The number of hydrogen-bond acceptors (Lipinski definition) is 6. The molecule has 8 nitrogen and oxygen atoms in total. The van der Waals surface area contributed by atoms with Gasteiger partial charge in [-0.3, -0.25) is 14.1 Å². The van der Waals surface area contributed by atoms with Gasteiger partial charge in [-0.1, -0.05) is 0 Å². The van der Waals surface area contributed by atoms with Crippen molar-refractivity contribution in [2.75, 3.05) is 30.6 Å². The Morgan fingerprint density at radius 3 is 2.62 bits per heavy atom. The van der Waals surface area contributed by atoms with Crippen molar-refractivity contribution in [2.24, 2.45) is 0 Å². The lowest BCUT2D eigenvalue weighted by molar-refractivity contribution is 0.241. The smallest absolute Gasteiger partial charge is 0.357 e. The zero-order valence-corrected chi connectivity index (χ0v) is 14.0. The summed E-state index contributed by atoms with van der Waals surface area (Å²) in [6.07, 6.45) is 1.68. The SMILES string of the molecule is CN1CCC(c2cc(=O)c3ccc(N)c(NS(=O)(=O)O)c3o2)CC1. The van der Waals surface area contributed by atoms with Crippen LogP contribution in [0.1, 0.15) is 24.5 Å². The van der Waals surface area contributed by atoms with E-state index in [0.717, 1.165) is 25.9 Å². The van der Waals surface area contributed by atoms with Crippen molar-refractivity contribution < 1.29 is 17.4 Å². The molecule has 1 aliphatic rings. The second kappa shape index (κ2) is 6.08. The van der Waals surface area contributed by atoms with Crippen LogP contribution in [0.4, 0.5) is 11.4 Å². The minimum Gasteiger partial charge on any atom is -0.458 e. The van der Waals surface area contributed by atoms with Gasteiger partial charge in [0.05, 0.1) is 11.1 Å². The molecule has 9 heteroatoms. The van der Waals surface area contributed by atoms with Gasteiger partial charge in [0.1, 0.15) is 11.4 Å². The van der Waals surface area contributed by atoms with Crippen LogP contribution in [-0.4, -0.2) is 38.0 Å². The van der Waals surface area contributed by atoms with Gasteiger partial charge < -0.3 is 15.1 Å². The number of benzene rings is 1. The number of anilines is 2. The van der Waals surface area contributed by atoms with Crippen molar-refractivity contribution >= 4 is 32.6 Å². The van der Waals surface area contributed by atoms with E-state index in [1.165, 1.54) is 18.2 Å². The molecule has 0 spiro atoms. The van der Waals surface area contributed by atoms with Crippen LogP contribution in [0.15, 0.2) is 27.4 Å². The van der Waals surface area contributed by atoms with E-state index in [2.05, 4.69) is 4.90 Å². The summed E-state index contributed by atoms with van der Waals surface area (Å²) in [6.45, 7) is 1.78. The van der Waals surface area contributed by atoms with Crippen molar-refractivity contribution in [3.05, 3.63) is 34.2 Å². The van der Waals surface area contributed by atoms with Crippen LogP contribution in [0.2, 0.25) is 0 Å². The second-order valence-corrected chi connectivity index (χ2v) is 7.23. The third-order valence-corrected chi connectivity index (χ3v) is 4.76. The summed E-state index contributed by atoms with van der Waals surface area (Å²) < 4.78 is 39.1. The van der Waals surface area contributed by atoms with Crippen molar-refractivity contribution in [3.8, 4) is 0 Å². The Kier molecular flexibility index (Phi) is 4.24. The number of likely N-dealkylation sites (tertiary alicyclic amines) is 1. The lowest BCUT2D eigenvalue weighted by atomic mass is 9.94. The minimum atomic E-state index is -4.55. The highest BCUT2D eigenvalue weighted by Crippen LogP contribution is 2.33. The van der Waals surface area contributed by atoms with Crippen molar-refractivity contribution in [3.63, 3.8) is 0 Å². The maximum Gasteiger partial charge on any atom is 0.357 e. The first kappa shape index (κ1) is 16.7. The Morgan fingerprint density at radius 2 is 2.00 bits per heavy atom. The molecule has 130 valence electrons. The highest BCUT2D eigenvalue weighted by atomic mass is 32.2. The quantitative estimate of drug-likeness (QED) is 0.562. The first-order chi connectivity index (χ1) is 11.2. The molecule has 3 rings (SSSR count). The Bertz CT molecular complexity index is 930. The average Bonchev–Trinajstić information content (AvgIpc) is 2.49. The van der Waals surface area contributed by atoms with E-state index in [9.17, 15) is 13.2 Å². The summed E-state index contributed by atoms with van der Waals surface area (Å²) >= 11 is 0. The fourth-order valence-corrected chi connectivity index (χ4v) is 3.45. The van der Waals surface area contributed by atoms with Crippen LogP contribution in [0.5, 0.6) is 0 Å². The number of rotatable bonds is 3. The minimum absolute atomic E-state index is 0.0362. The van der Waals surface area contributed by atoms with Crippen LogP contribution in [0, 0.1) is 0 Å². The molecular weight excluding hydrogens is 334 g/mol. The van der Waals surface area contributed by atoms with Gasteiger partial charge in [-0.2, -0.15) is 8.42 Å². The van der Waals surface area contributed by atoms with E-state index in [1.807, 2.05) is 11.8 Å². The number of hydrogen-bond donors (Lipinski definition) is 3. The van der Waals surface area contributed by atoms with Crippen molar-refractivity contribution in [1.82, 2.24) is 4.90 Å². The fraction of sp³-hybridized carbons (Fsp3) is 0.400. The summed E-state index contributed by atoms with van der Waals surface area (Å²) in [7, 11) is -2.52. The molecule has 1 saturated heterocycles. The Balaban J connectivity index is 2.14. The first-order valence-corrected chi connectivity index (χ1v) is 8.98. The van der Waals surface area contributed by atoms with Crippen LogP contribution >= 0.6 is 0 Å². The number of piperidine rings is 1. The van der Waals surface area contributed by atoms with Crippen LogP contribution < -0.4 is 15.9 Å². The zero-order chi connectivity index (χ0) is 17.5. The molecule has 1 aromatic carbocycles. The molecule has 0 aliphatic carbocycles. The second-order valence-electron chi connectivity index (χ2n) is 6.07. The number of nitrogens with two attached hydrogens (primary N) is 1. The van der Waals surface area contributed by atoms with Gasteiger partial charge in [0.25, 0.3) is 0 Å². The molecule has 0 radical (unpaired) electrons. The average molecular weight is 353 g/mol. The maximum absolute atomic E-state index is 12.4. The molecule has 0 bridgehead atoms. The highest BCUT2D eigenvalue weighted by molar-refractivity contribution is 7.87. The predicted octanol–water partition coefficient (Wildman–Crippen LogP) is 1.40. The highest BCUT2D eigenvalue weighted by Gasteiger charge is 2.23. The van der Waals surface area contributed by atoms with Crippen molar-refractivity contribution in [1.29, 1.82) is 0 Å².